The Morgan fingerprint density at radius 2 is 2.25 bits per heavy atom. The second-order valence-corrected chi connectivity index (χ2v) is 7.60. The molecule has 0 aliphatic heterocycles. The van der Waals surface area contributed by atoms with Crippen LogP contribution in [0.25, 0.3) is 0 Å². The molecule has 2 aromatic heterocycles. The molecule has 108 valence electrons. The highest BCUT2D eigenvalue weighted by Gasteiger charge is 2.15. The van der Waals surface area contributed by atoms with Crippen molar-refractivity contribution in [2.75, 3.05) is 24.2 Å². The Hall–Kier alpha value is -1.05. The minimum atomic E-state index is -0.356. The number of nitrogen functional groups attached to an aromatic ring is 1. The Balaban J connectivity index is 1.90. The van der Waals surface area contributed by atoms with Crippen molar-refractivity contribution in [3.8, 4) is 0 Å². The molecule has 2 aromatic rings. The van der Waals surface area contributed by atoms with E-state index in [1.54, 1.807) is 24.3 Å². The Morgan fingerprint density at radius 1 is 1.45 bits per heavy atom. The van der Waals surface area contributed by atoms with E-state index in [0.717, 1.165) is 21.8 Å². The average Bonchev–Trinajstić information content (AvgIpc) is 2.96. The summed E-state index contributed by atoms with van der Waals surface area (Å²) in [4.78, 5) is 13.4. The summed E-state index contributed by atoms with van der Waals surface area (Å²) in [6.07, 6.45) is 0.933. The maximum Gasteiger partial charge on any atom is 0.350 e. The molecule has 0 aliphatic carbocycles. The van der Waals surface area contributed by atoms with Gasteiger partial charge < -0.3 is 15.8 Å². The van der Waals surface area contributed by atoms with Crippen LogP contribution in [0.5, 0.6) is 0 Å². The van der Waals surface area contributed by atoms with Gasteiger partial charge in [-0.1, -0.05) is 0 Å². The van der Waals surface area contributed by atoms with Crippen molar-refractivity contribution in [1.82, 2.24) is 0 Å². The lowest BCUT2D eigenvalue weighted by Crippen LogP contribution is -2.04. The average molecular weight is 375 g/mol. The number of halogens is 1. The summed E-state index contributed by atoms with van der Waals surface area (Å²) in [6.45, 7) is 2.93. The Morgan fingerprint density at radius 3 is 2.90 bits per heavy atom. The third kappa shape index (κ3) is 3.97. The van der Waals surface area contributed by atoms with Crippen LogP contribution < -0.4 is 11.1 Å². The van der Waals surface area contributed by atoms with E-state index in [-0.39, 0.29) is 5.97 Å². The molecular formula is C13H15BrN2O2S2. The number of anilines is 2. The van der Waals surface area contributed by atoms with Crippen molar-refractivity contribution >= 4 is 55.3 Å². The molecule has 0 radical (unpaired) electrons. The first-order valence-electron chi connectivity index (χ1n) is 6.14. The summed E-state index contributed by atoms with van der Waals surface area (Å²) in [7, 11) is 0. The molecule has 0 fully saturated rings. The van der Waals surface area contributed by atoms with Crippen LogP contribution in [-0.2, 0) is 11.2 Å². The number of carbonyl (C=O) groups is 1. The zero-order chi connectivity index (χ0) is 14.5. The lowest BCUT2D eigenvalue weighted by molar-refractivity contribution is 0.0533. The Labute approximate surface area is 134 Å². The standard InChI is InChI=1S/C13H15BrN2O2S2/c1-2-18-13(17)12-9(15)7-11(20-12)16-6-5-8-3-4-10(14)19-8/h3-4,7,16H,2,5-6,15H2,1H3. The van der Waals surface area contributed by atoms with Crippen LogP contribution in [-0.4, -0.2) is 19.1 Å². The van der Waals surface area contributed by atoms with Gasteiger partial charge in [-0.3, -0.25) is 0 Å². The third-order valence-electron chi connectivity index (χ3n) is 2.52. The predicted octanol–water partition coefficient (Wildman–Crippen LogP) is 3.99. The maximum atomic E-state index is 11.7. The third-order valence-corrected chi connectivity index (χ3v) is 5.29. The summed E-state index contributed by atoms with van der Waals surface area (Å²) < 4.78 is 6.10. The second kappa shape index (κ2) is 7.10. The molecule has 3 N–H and O–H groups in total. The molecule has 0 unspecified atom stereocenters. The van der Waals surface area contributed by atoms with E-state index in [0.29, 0.717) is 17.2 Å². The first kappa shape index (κ1) is 15.3. The van der Waals surface area contributed by atoms with Crippen LogP contribution in [0.15, 0.2) is 22.0 Å². The van der Waals surface area contributed by atoms with E-state index < -0.39 is 0 Å². The number of nitrogens with one attached hydrogen (secondary N) is 1. The van der Waals surface area contributed by atoms with Crippen LogP contribution in [0, 0.1) is 0 Å². The smallest absolute Gasteiger partial charge is 0.350 e. The van der Waals surface area contributed by atoms with Crippen LogP contribution in [0.4, 0.5) is 10.7 Å². The zero-order valence-corrected chi connectivity index (χ0v) is 14.2. The zero-order valence-electron chi connectivity index (χ0n) is 10.9. The number of nitrogens with two attached hydrogens (primary N) is 1. The predicted molar refractivity (Wildman–Crippen MR) is 88.9 cm³/mol. The van der Waals surface area contributed by atoms with E-state index in [1.165, 1.54) is 16.2 Å². The molecule has 0 bridgehead atoms. The van der Waals surface area contributed by atoms with Gasteiger partial charge >= 0.3 is 5.97 Å². The normalized spacial score (nSPS) is 10.5. The summed E-state index contributed by atoms with van der Waals surface area (Å²) in [6, 6.07) is 5.92. The summed E-state index contributed by atoms with van der Waals surface area (Å²) in [5.41, 5.74) is 6.29. The molecule has 2 heterocycles. The molecule has 0 spiro atoms. The molecule has 0 atom stereocenters. The van der Waals surface area contributed by atoms with Crippen LogP contribution in [0.1, 0.15) is 21.5 Å². The van der Waals surface area contributed by atoms with Gasteiger partial charge in [-0.2, -0.15) is 0 Å². The number of ether oxygens (including phenoxy) is 1. The van der Waals surface area contributed by atoms with Crippen molar-refractivity contribution in [2.24, 2.45) is 0 Å². The topological polar surface area (TPSA) is 64.3 Å². The minimum Gasteiger partial charge on any atom is -0.462 e. The van der Waals surface area contributed by atoms with Crippen LogP contribution in [0.2, 0.25) is 0 Å². The van der Waals surface area contributed by atoms with E-state index in [2.05, 4.69) is 27.3 Å². The van der Waals surface area contributed by atoms with E-state index in [1.807, 2.05) is 6.07 Å². The molecule has 0 saturated carbocycles. The molecular weight excluding hydrogens is 360 g/mol. The van der Waals surface area contributed by atoms with Gasteiger partial charge in [-0.25, -0.2) is 4.79 Å². The van der Waals surface area contributed by atoms with Gasteiger partial charge in [0.1, 0.15) is 4.88 Å². The van der Waals surface area contributed by atoms with Crippen molar-refractivity contribution in [3.05, 3.63) is 31.7 Å². The number of hydrogen-bond acceptors (Lipinski definition) is 6. The molecule has 2 rings (SSSR count). The van der Waals surface area contributed by atoms with Gasteiger partial charge in [0.15, 0.2) is 0 Å². The van der Waals surface area contributed by atoms with E-state index in [4.69, 9.17) is 10.5 Å². The quantitative estimate of drug-likeness (QED) is 0.750. The second-order valence-electron chi connectivity index (χ2n) is 4.00. The fraction of sp³-hybridized carbons (Fsp3) is 0.308. The number of esters is 1. The Kier molecular flexibility index (Phi) is 5.45. The largest absolute Gasteiger partial charge is 0.462 e. The van der Waals surface area contributed by atoms with Crippen molar-refractivity contribution in [3.63, 3.8) is 0 Å². The Bertz CT molecular complexity index is 595. The first-order valence-corrected chi connectivity index (χ1v) is 8.57. The van der Waals surface area contributed by atoms with Crippen LogP contribution in [0.3, 0.4) is 0 Å². The van der Waals surface area contributed by atoms with Gasteiger partial charge in [0, 0.05) is 11.4 Å². The molecule has 0 aromatic carbocycles. The monoisotopic (exact) mass is 374 g/mol. The molecule has 4 nitrogen and oxygen atoms in total. The lowest BCUT2D eigenvalue weighted by Gasteiger charge is -2.01. The molecule has 0 saturated heterocycles. The molecule has 0 amide bonds. The first-order chi connectivity index (χ1) is 9.60. The number of hydrogen-bond donors (Lipinski definition) is 2. The number of rotatable bonds is 6. The fourth-order valence-corrected chi connectivity index (χ4v) is 4.03. The summed E-state index contributed by atoms with van der Waals surface area (Å²) in [5, 5.41) is 4.17. The molecule has 20 heavy (non-hydrogen) atoms. The van der Waals surface area contributed by atoms with E-state index in [9.17, 15) is 4.79 Å². The minimum absolute atomic E-state index is 0.353. The van der Waals surface area contributed by atoms with E-state index >= 15 is 0 Å². The number of carbonyl (C=O) groups excluding carboxylic acids is 1. The SMILES string of the molecule is CCOC(=O)c1sc(NCCc2ccc(Br)s2)cc1N. The van der Waals surface area contributed by atoms with Crippen molar-refractivity contribution in [2.45, 2.75) is 13.3 Å². The molecule has 0 aliphatic rings. The highest BCUT2D eigenvalue weighted by Crippen LogP contribution is 2.30. The number of thiophene rings is 2. The van der Waals surface area contributed by atoms with Crippen molar-refractivity contribution < 1.29 is 9.53 Å². The summed E-state index contributed by atoms with van der Waals surface area (Å²) >= 11 is 6.50. The highest BCUT2D eigenvalue weighted by atomic mass is 79.9. The van der Waals surface area contributed by atoms with Gasteiger partial charge in [0.2, 0.25) is 0 Å². The van der Waals surface area contributed by atoms with Crippen LogP contribution >= 0.6 is 38.6 Å². The highest BCUT2D eigenvalue weighted by molar-refractivity contribution is 9.11. The summed E-state index contributed by atoms with van der Waals surface area (Å²) in [5.74, 6) is -0.356. The van der Waals surface area contributed by atoms with Gasteiger partial charge in [-0.15, -0.1) is 22.7 Å². The van der Waals surface area contributed by atoms with Gasteiger partial charge in [0.05, 0.1) is 21.1 Å². The fourth-order valence-electron chi connectivity index (χ4n) is 1.64. The lowest BCUT2D eigenvalue weighted by atomic mass is 10.3. The van der Waals surface area contributed by atoms with Gasteiger partial charge in [0.25, 0.3) is 0 Å². The molecule has 7 heteroatoms. The van der Waals surface area contributed by atoms with Crippen molar-refractivity contribution in [1.29, 1.82) is 0 Å². The van der Waals surface area contributed by atoms with Gasteiger partial charge in [-0.05, 0) is 47.5 Å². The maximum absolute atomic E-state index is 11.7.